The fourth-order valence-electron chi connectivity index (χ4n) is 1.28. The minimum atomic E-state index is -1.86. The molecule has 0 aliphatic carbocycles. The molecule has 1 rings (SSSR count). The molecule has 82 valence electrons. The zero-order valence-electron chi connectivity index (χ0n) is 8.62. The van der Waals surface area contributed by atoms with E-state index < -0.39 is 17.4 Å². The monoisotopic (exact) mass is 212 g/mol. The molecule has 1 aromatic carbocycles. The third-order valence-electron chi connectivity index (χ3n) is 2.31. The van der Waals surface area contributed by atoms with Crippen molar-refractivity contribution in [3.63, 3.8) is 0 Å². The van der Waals surface area contributed by atoms with Crippen molar-refractivity contribution >= 4 is 5.97 Å². The normalized spacial score (nSPS) is 14.7. The number of carbonyl (C=O) groups is 1. The molecular formula is C11H13FO3. The maximum Gasteiger partial charge on any atom is 0.335 e. The average Bonchev–Trinajstić information content (AvgIpc) is 2.10. The molecule has 0 fully saturated rings. The molecule has 0 radical (unpaired) electrons. The van der Waals surface area contributed by atoms with Crippen molar-refractivity contribution in [3.05, 3.63) is 35.1 Å². The number of aryl methyl sites for hydroxylation is 1. The summed E-state index contributed by atoms with van der Waals surface area (Å²) in [7, 11) is 0. The third kappa shape index (κ3) is 2.76. The van der Waals surface area contributed by atoms with E-state index in [4.69, 9.17) is 5.11 Å². The van der Waals surface area contributed by atoms with E-state index in [1.807, 2.05) is 0 Å². The van der Waals surface area contributed by atoms with Gasteiger partial charge in [0.15, 0.2) is 5.60 Å². The Morgan fingerprint density at radius 3 is 2.67 bits per heavy atom. The van der Waals surface area contributed by atoms with Crippen LogP contribution >= 0.6 is 0 Å². The van der Waals surface area contributed by atoms with Crippen molar-refractivity contribution in [2.75, 3.05) is 0 Å². The van der Waals surface area contributed by atoms with E-state index in [2.05, 4.69) is 0 Å². The largest absolute Gasteiger partial charge is 0.479 e. The molecule has 0 amide bonds. The summed E-state index contributed by atoms with van der Waals surface area (Å²) in [6, 6.07) is 4.10. The second-order valence-electron chi connectivity index (χ2n) is 3.83. The Morgan fingerprint density at radius 1 is 1.53 bits per heavy atom. The number of aliphatic hydroxyl groups is 1. The van der Waals surface area contributed by atoms with Crippen LogP contribution in [0.3, 0.4) is 0 Å². The van der Waals surface area contributed by atoms with Crippen LogP contribution in [-0.2, 0) is 11.2 Å². The maximum atomic E-state index is 12.9. The van der Waals surface area contributed by atoms with Crippen molar-refractivity contribution in [3.8, 4) is 0 Å². The van der Waals surface area contributed by atoms with E-state index in [1.54, 1.807) is 13.0 Å². The van der Waals surface area contributed by atoms with Crippen molar-refractivity contribution in [2.45, 2.75) is 25.9 Å². The third-order valence-corrected chi connectivity index (χ3v) is 2.31. The first kappa shape index (κ1) is 11.7. The van der Waals surface area contributed by atoms with Crippen LogP contribution < -0.4 is 0 Å². The molecule has 0 aliphatic heterocycles. The highest BCUT2D eigenvalue weighted by atomic mass is 19.1. The molecule has 0 aliphatic rings. The lowest BCUT2D eigenvalue weighted by molar-refractivity contribution is -0.156. The summed E-state index contributed by atoms with van der Waals surface area (Å²) in [6.45, 7) is 2.94. The van der Waals surface area contributed by atoms with Crippen LogP contribution in [0.25, 0.3) is 0 Å². The molecular weight excluding hydrogens is 199 g/mol. The highest BCUT2D eigenvalue weighted by molar-refractivity contribution is 5.77. The molecule has 0 bridgehead atoms. The van der Waals surface area contributed by atoms with E-state index in [9.17, 15) is 14.3 Å². The number of hydrogen-bond donors (Lipinski definition) is 2. The summed E-state index contributed by atoms with van der Waals surface area (Å²) in [5, 5.41) is 18.3. The Hall–Kier alpha value is -1.42. The molecule has 2 N–H and O–H groups in total. The number of benzene rings is 1. The topological polar surface area (TPSA) is 57.5 Å². The van der Waals surface area contributed by atoms with Gasteiger partial charge >= 0.3 is 5.97 Å². The van der Waals surface area contributed by atoms with Crippen molar-refractivity contribution in [2.24, 2.45) is 0 Å². The SMILES string of the molecule is Cc1ccc(F)cc1CC(C)(O)C(=O)O. The number of carboxylic acid groups (broad SMARTS) is 1. The lowest BCUT2D eigenvalue weighted by Crippen LogP contribution is -2.37. The summed E-state index contributed by atoms with van der Waals surface area (Å²) >= 11 is 0. The van der Waals surface area contributed by atoms with Crippen LogP contribution in [0.2, 0.25) is 0 Å². The first-order valence-electron chi connectivity index (χ1n) is 4.54. The zero-order valence-corrected chi connectivity index (χ0v) is 8.62. The highest BCUT2D eigenvalue weighted by Crippen LogP contribution is 2.18. The number of hydrogen-bond acceptors (Lipinski definition) is 2. The Bertz CT molecular complexity index is 385. The van der Waals surface area contributed by atoms with Crippen molar-refractivity contribution < 1.29 is 19.4 Å². The van der Waals surface area contributed by atoms with Crippen LogP contribution in [-0.4, -0.2) is 21.8 Å². The van der Waals surface area contributed by atoms with Gasteiger partial charge in [0.2, 0.25) is 0 Å². The fraction of sp³-hybridized carbons (Fsp3) is 0.364. The first-order valence-corrected chi connectivity index (χ1v) is 4.54. The van der Waals surface area contributed by atoms with Crippen LogP contribution in [0.4, 0.5) is 4.39 Å². The van der Waals surface area contributed by atoms with Gasteiger partial charge < -0.3 is 10.2 Å². The molecule has 0 saturated heterocycles. The van der Waals surface area contributed by atoms with Gasteiger partial charge in [-0.1, -0.05) is 6.07 Å². The van der Waals surface area contributed by atoms with Gasteiger partial charge in [-0.2, -0.15) is 0 Å². The molecule has 0 spiro atoms. The van der Waals surface area contributed by atoms with Gasteiger partial charge in [-0.05, 0) is 37.1 Å². The van der Waals surface area contributed by atoms with E-state index in [0.29, 0.717) is 5.56 Å². The number of aliphatic carboxylic acids is 1. The van der Waals surface area contributed by atoms with Gasteiger partial charge in [0.25, 0.3) is 0 Å². The quantitative estimate of drug-likeness (QED) is 0.798. The van der Waals surface area contributed by atoms with Gasteiger partial charge in [0.05, 0.1) is 0 Å². The molecule has 15 heavy (non-hydrogen) atoms. The molecule has 0 heterocycles. The summed E-state index contributed by atoms with van der Waals surface area (Å²) in [5.74, 6) is -1.75. The summed E-state index contributed by atoms with van der Waals surface area (Å²) in [6.07, 6.45) is -0.105. The Kier molecular flexibility index (Phi) is 3.09. The minimum Gasteiger partial charge on any atom is -0.479 e. The van der Waals surface area contributed by atoms with Crippen molar-refractivity contribution in [1.82, 2.24) is 0 Å². The molecule has 4 heteroatoms. The molecule has 1 atom stereocenters. The second kappa shape index (κ2) is 3.98. The number of carboxylic acids is 1. The van der Waals surface area contributed by atoms with Gasteiger partial charge in [-0.3, -0.25) is 0 Å². The van der Waals surface area contributed by atoms with Crippen LogP contribution in [0, 0.1) is 12.7 Å². The summed E-state index contributed by atoms with van der Waals surface area (Å²) in [5.41, 5.74) is -0.598. The predicted molar refractivity (Wildman–Crippen MR) is 53.1 cm³/mol. The van der Waals surface area contributed by atoms with E-state index in [-0.39, 0.29) is 6.42 Å². The molecule has 1 aromatic rings. The lowest BCUT2D eigenvalue weighted by Gasteiger charge is -2.18. The summed E-state index contributed by atoms with van der Waals surface area (Å²) in [4.78, 5) is 10.7. The van der Waals surface area contributed by atoms with E-state index in [0.717, 1.165) is 5.56 Å². The first-order chi connectivity index (χ1) is 6.83. The molecule has 0 saturated carbocycles. The van der Waals surface area contributed by atoms with E-state index in [1.165, 1.54) is 19.1 Å². The fourth-order valence-corrected chi connectivity index (χ4v) is 1.28. The molecule has 3 nitrogen and oxygen atoms in total. The van der Waals surface area contributed by atoms with Crippen molar-refractivity contribution in [1.29, 1.82) is 0 Å². The minimum absolute atomic E-state index is 0.105. The Morgan fingerprint density at radius 2 is 2.13 bits per heavy atom. The lowest BCUT2D eigenvalue weighted by atomic mass is 9.94. The Balaban J connectivity index is 2.99. The molecule has 1 unspecified atom stereocenters. The highest BCUT2D eigenvalue weighted by Gasteiger charge is 2.30. The number of rotatable bonds is 3. The molecule has 0 aromatic heterocycles. The van der Waals surface area contributed by atoms with Crippen LogP contribution in [0.5, 0.6) is 0 Å². The second-order valence-corrected chi connectivity index (χ2v) is 3.83. The van der Waals surface area contributed by atoms with Gasteiger partial charge in [-0.15, -0.1) is 0 Å². The van der Waals surface area contributed by atoms with E-state index >= 15 is 0 Å². The van der Waals surface area contributed by atoms with Gasteiger partial charge in [0.1, 0.15) is 5.82 Å². The summed E-state index contributed by atoms with van der Waals surface area (Å²) < 4.78 is 12.9. The van der Waals surface area contributed by atoms with Gasteiger partial charge in [-0.25, -0.2) is 9.18 Å². The average molecular weight is 212 g/mol. The Labute approximate surface area is 87.2 Å². The number of halogens is 1. The standard InChI is InChI=1S/C11H13FO3/c1-7-3-4-9(12)5-8(7)6-11(2,15)10(13)14/h3-5,15H,6H2,1-2H3,(H,13,14). The smallest absolute Gasteiger partial charge is 0.335 e. The predicted octanol–water partition coefficient (Wildman–Crippen LogP) is 1.51. The zero-order chi connectivity index (χ0) is 11.6. The van der Waals surface area contributed by atoms with Gasteiger partial charge in [0, 0.05) is 6.42 Å². The van der Waals surface area contributed by atoms with Crippen LogP contribution in [0.1, 0.15) is 18.1 Å². The van der Waals surface area contributed by atoms with Crippen LogP contribution in [0.15, 0.2) is 18.2 Å². The maximum absolute atomic E-state index is 12.9.